The van der Waals surface area contributed by atoms with Crippen molar-refractivity contribution in [1.82, 2.24) is 5.32 Å². The third-order valence-electron chi connectivity index (χ3n) is 2.92. The highest BCUT2D eigenvalue weighted by atomic mass is 79.9. The predicted molar refractivity (Wildman–Crippen MR) is 87.6 cm³/mol. The van der Waals surface area contributed by atoms with Gasteiger partial charge in [0.1, 0.15) is 5.75 Å². The van der Waals surface area contributed by atoms with E-state index >= 15 is 0 Å². The minimum atomic E-state index is -0.182. The van der Waals surface area contributed by atoms with Gasteiger partial charge in [-0.1, -0.05) is 51.8 Å². The summed E-state index contributed by atoms with van der Waals surface area (Å²) in [7, 11) is 0. The summed E-state index contributed by atoms with van der Waals surface area (Å²) in [5, 5.41) is 3.47. The summed E-state index contributed by atoms with van der Waals surface area (Å²) in [6.45, 7) is 1.88. The molecule has 0 saturated carbocycles. The van der Waals surface area contributed by atoms with E-state index in [1.165, 1.54) is 0 Å². The van der Waals surface area contributed by atoms with E-state index in [2.05, 4.69) is 21.2 Å². The average Bonchev–Trinajstić information content (AvgIpc) is 2.45. The van der Waals surface area contributed by atoms with Crippen molar-refractivity contribution in [3.63, 3.8) is 0 Å². The van der Waals surface area contributed by atoms with Crippen LogP contribution >= 0.6 is 27.5 Å². The van der Waals surface area contributed by atoms with Crippen LogP contribution in [-0.4, -0.2) is 12.5 Å². The molecule has 0 fully saturated rings. The Hall–Kier alpha value is -1.52. The lowest BCUT2D eigenvalue weighted by Crippen LogP contribution is -2.31. The highest BCUT2D eigenvalue weighted by Crippen LogP contribution is 2.22. The zero-order valence-corrected chi connectivity index (χ0v) is 13.8. The lowest BCUT2D eigenvalue weighted by atomic mass is 10.1. The van der Waals surface area contributed by atoms with Crippen molar-refractivity contribution >= 4 is 33.4 Å². The van der Waals surface area contributed by atoms with Crippen LogP contribution in [0.15, 0.2) is 53.0 Å². The molecule has 0 aliphatic rings. The Morgan fingerprint density at radius 2 is 2.05 bits per heavy atom. The van der Waals surface area contributed by atoms with Crippen LogP contribution in [0.3, 0.4) is 0 Å². The Morgan fingerprint density at radius 1 is 1.29 bits per heavy atom. The second kappa shape index (κ2) is 7.48. The van der Waals surface area contributed by atoms with Gasteiger partial charge in [-0.15, -0.1) is 0 Å². The molecule has 2 aromatic carbocycles. The van der Waals surface area contributed by atoms with Crippen LogP contribution in [0.2, 0.25) is 5.02 Å². The van der Waals surface area contributed by atoms with E-state index in [4.69, 9.17) is 16.3 Å². The molecule has 21 heavy (non-hydrogen) atoms. The number of carbonyl (C=O) groups is 1. The summed E-state index contributed by atoms with van der Waals surface area (Å²) >= 11 is 9.33. The van der Waals surface area contributed by atoms with Crippen molar-refractivity contribution in [2.45, 2.75) is 13.0 Å². The van der Waals surface area contributed by atoms with Crippen LogP contribution in [0.4, 0.5) is 0 Å². The summed E-state index contributed by atoms with van der Waals surface area (Å²) in [6.07, 6.45) is 0. The van der Waals surface area contributed by atoms with E-state index in [0.29, 0.717) is 10.8 Å². The van der Waals surface area contributed by atoms with Gasteiger partial charge in [-0.05, 0) is 36.8 Å². The van der Waals surface area contributed by atoms with Gasteiger partial charge in [0.15, 0.2) is 6.61 Å². The Balaban J connectivity index is 1.89. The van der Waals surface area contributed by atoms with Gasteiger partial charge in [0.25, 0.3) is 5.91 Å². The molecule has 110 valence electrons. The van der Waals surface area contributed by atoms with Crippen LogP contribution in [-0.2, 0) is 4.79 Å². The van der Waals surface area contributed by atoms with Gasteiger partial charge in [-0.3, -0.25) is 4.79 Å². The fourth-order valence-electron chi connectivity index (χ4n) is 1.89. The van der Waals surface area contributed by atoms with Gasteiger partial charge >= 0.3 is 0 Å². The van der Waals surface area contributed by atoms with Crippen molar-refractivity contribution in [3.05, 3.63) is 63.6 Å². The number of halogens is 2. The molecule has 0 aliphatic heterocycles. The van der Waals surface area contributed by atoms with Gasteiger partial charge < -0.3 is 10.1 Å². The molecule has 1 atom stereocenters. The zero-order chi connectivity index (χ0) is 15.2. The molecule has 0 radical (unpaired) electrons. The Bertz CT molecular complexity index is 633. The number of hydrogen-bond acceptors (Lipinski definition) is 2. The third kappa shape index (κ3) is 4.76. The summed E-state index contributed by atoms with van der Waals surface area (Å²) in [5.74, 6) is 0.393. The van der Waals surface area contributed by atoms with Crippen molar-refractivity contribution in [3.8, 4) is 5.75 Å². The lowest BCUT2D eigenvalue weighted by Gasteiger charge is -2.16. The van der Waals surface area contributed by atoms with Gasteiger partial charge in [0, 0.05) is 9.50 Å². The first-order valence-electron chi connectivity index (χ1n) is 6.48. The largest absolute Gasteiger partial charge is 0.484 e. The fourth-order valence-corrected chi connectivity index (χ4v) is 2.70. The molecular formula is C16H15BrClNO2. The van der Waals surface area contributed by atoms with E-state index in [0.717, 1.165) is 10.0 Å². The molecule has 0 aromatic heterocycles. The van der Waals surface area contributed by atoms with E-state index < -0.39 is 0 Å². The molecule has 2 aromatic rings. The molecule has 5 heteroatoms. The molecule has 0 spiro atoms. The monoisotopic (exact) mass is 367 g/mol. The second-order valence-corrected chi connectivity index (χ2v) is 5.85. The van der Waals surface area contributed by atoms with Gasteiger partial charge in [0.05, 0.1) is 6.04 Å². The summed E-state index contributed by atoms with van der Waals surface area (Å²) < 4.78 is 6.37. The number of carbonyl (C=O) groups excluding carboxylic acids is 1. The molecule has 0 unspecified atom stereocenters. The molecule has 2 rings (SSSR count). The number of nitrogens with one attached hydrogen (secondary N) is 1. The molecule has 0 bridgehead atoms. The van der Waals surface area contributed by atoms with Gasteiger partial charge in [-0.25, -0.2) is 0 Å². The SMILES string of the molecule is C[C@@H](NC(=O)COc1cccc(Cl)c1)c1ccccc1Br. The first-order chi connectivity index (χ1) is 10.1. The second-order valence-electron chi connectivity index (χ2n) is 4.56. The highest BCUT2D eigenvalue weighted by molar-refractivity contribution is 9.10. The van der Waals surface area contributed by atoms with E-state index in [1.54, 1.807) is 24.3 Å². The molecular weight excluding hydrogens is 354 g/mol. The minimum Gasteiger partial charge on any atom is -0.484 e. The van der Waals surface area contributed by atoms with Crippen LogP contribution < -0.4 is 10.1 Å². The highest BCUT2D eigenvalue weighted by Gasteiger charge is 2.12. The van der Waals surface area contributed by atoms with Crippen molar-refractivity contribution in [2.75, 3.05) is 6.61 Å². The summed E-state index contributed by atoms with van der Waals surface area (Å²) in [4.78, 5) is 11.9. The van der Waals surface area contributed by atoms with Crippen LogP contribution in [0.1, 0.15) is 18.5 Å². The molecule has 3 nitrogen and oxygen atoms in total. The number of amides is 1. The standard InChI is InChI=1S/C16H15BrClNO2/c1-11(14-7-2-3-8-15(14)17)19-16(20)10-21-13-6-4-5-12(18)9-13/h2-9,11H,10H2,1H3,(H,19,20)/t11-/m1/s1. The normalized spacial score (nSPS) is 11.8. The molecule has 0 heterocycles. The molecule has 0 saturated heterocycles. The lowest BCUT2D eigenvalue weighted by molar-refractivity contribution is -0.123. The maximum Gasteiger partial charge on any atom is 0.258 e. The van der Waals surface area contributed by atoms with E-state index in [9.17, 15) is 4.79 Å². The number of hydrogen-bond donors (Lipinski definition) is 1. The van der Waals surface area contributed by atoms with Crippen LogP contribution in [0.25, 0.3) is 0 Å². The topological polar surface area (TPSA) is 38.3 Å². The van der Waals surface area contributed by atoms with Crippen LogP contribution in [0, 0.1) is 0 Å². The number of rotatable bonds is 5. The quantitative estimate of drug-likeness (QED) is 0.851. The first-order valence-corrected chi connectivity index (χ1v) is 7.65. The summed E-state index contributed by atoms with van der Waals surface area (Å²) in [5.41, 5.74) is 1.02. The van der Waals surface area contributed by atoms with Gasteiger partial charge in [-0.2, -0.15) is 0 Å². The fraction of sp³-hybridized carbons (Fsp3) is 0.188. The minimum absolute atomic E-state index is 0.0465. The number of ether oxygens (including phenoxy) is 1. The molecule has 0 aliphatic carbocycles. The van der Waals surface area contributed by atoms with E-state index in [-0.39, 0.29) is 18.6 Å². The Labute approximate surface area is 137 Å². The maximum atomic E-state index is 11.9. The van der Waals surface area contributed by atoms with Crippen molar-refractivity contribution < 1.29 is 9.53 Å². The smallest absolute Gasteiger partial charge is 0.258 e. The Kier molecular flexibility index (Phi) is 5.65. The first kappa shape index (κ1) is 15.9. The van der Waals surface area contributed by atoms with Crippen LogP contribution in [0.5, 0.6) is 5.75 Å². The van der Waals surface area contributed by atoms with Crippen molar-refractivity contribution in [1.29, 1.82) is 0 Å². The summed E-state index contributed by atoms with van der Waals surface area (Å²) in [6, 6.07) is 14.6. The molecule has 1 N–H and O–H groups in total. The molecule has 1 amide bonds. The average molecular weight is 369 g/mol. The Morgan fingerprint density at radius 3 is 2.76 bits per heavy atom. The van der Waals surface area contributed by atoms with Gasteiger partial charge in [0.2, 0.25) is 0 Å². The zero-order valence-electron chi connectivity index (χ0n) is 11.5. The number of benzene rings is 2. The van der Waals surface area contributed by atoms with E-state index in [1.807, 2.05) is 31.2 Å². The third-order valence-corrected chi connectivity index (χ3v) is 3.87. The maximum absolute atomic E-state index is 11.9. The predicted octanol–water partition coefficient (Wildman–Crippen LogP) is 4.36. The van der Waals surface area contributed by atoms with Crippen molar-refractivity contribution in [2.24, 2.45) is 0 Å².